The second kappa shape index (κ2) is 6.37. The molecule has 0 aliphatic carbocycles. The molecule has 0 spiro atoms. The van der Waals surface area contributed by atoms with Gasteiger partial charge in [0.05, 0.1) is 6.10 Å². The fourth-order valence-electron chi connectivity index (χ4n) is 3.01. The maximum absolute atomic E-state index is 12.4. The van der Waals surface area contributed by atoms with Crippen molar-refractivity contribution in [2.75, 3.05) is 19.7 Å². The minimum Gasteiger partial charge on any atom is -0.376 e. The lowest BCUT2D eigenvalue weighted by Gasteiger charge is -2.24. The molecule has 0 saturated carbocycles. The lowest BCUT2D eigenvalue weighted by atomic mass is 9.95. The second-order valence-electron chi connectivity index (χ2n) is 5.57. The van der Waals surface area contributed by atoms with Crippen LogP contribution in [0.4, 0.5) is 0 Å². The fraction of sp³-hybridized carbons (Fsp3) is 0.562. The molecule has 1 aromatic rings. The first-order valence-corrected chi connectivity index (χ1v) is 7.56. The van der Waals surface area contributed by atoms with Gasteiger partial charge in [-0.1, -0.05) is 12.1 Å². The van der Waals surface area contributed by atoms with Crippen molar-refractivity contribution in [2.45, 2.75) is 38.3 Å². The SMILES string of the molecule is O=C(NCC1CCCCO1)c1cccc2c1CCNC2. The lowest BCUT2D eigenvalue weighted by Crippen LogP contribution is -2.36. The van der Waals surface area contributed by atoms with Crippen molar-refractivity contribution in [3.63, 3.8) is 0 Å². The van der Waals surface area contributed by atoms with Crippen LogP contribution < -0.4 is 10.6 Å². The summed E-state index contributed by atoms with van der Waals surface area (Å²) in [6.45, 7) is 3.26. The lowest BCUT2D eigenvalue weighted by molar-refractivity contribution is 0.0169. The molecule has 0 aromatic heterocycles. The first kappa shape index (κ1) is 13.6. The first-order chi connectivity index (χ1) is 9.84. The predicted molar refractivity (Wildman–Crippen MR) is 77.8 cm³/mol. The third kappa shape index (κ3) is 3.02. The van der Waals surface area contributed by atoms with Crippen molar-refractivity contribution in [3.8, 4) is 0 Å². The number of hydrogen-bond donors (Lipinski definition) is 2. The van der Waals surface area contributed by atoms with Crippen LogP contribution in [0.5, 0.6) is 0 Å². The Morgan fingerprint density at radius 3 is 3.20 bits per heavy atom. The Morgan fingerprint density at radius 1 is 1.40 bits per heavy atom. The third-order valence-electron chi connectivity index (χ3n) is 4.15. The zero-order valence-electron chi connectivity index (χ0n) is 11.8. The van der Waals surface area contributed by atoms with E-state index in [-0.39, 0.29) is 12.0 Å². The van der Waals surface area contributed by atoms with E-state index in [1.807, 2.05) is 12.1 Å². The van der Waals surface area contributed by atoms with E-state index in [9.17, 15) is 4.79 Å². The molecule has 2 aliphatic heterocycles. The molecular weight excluding hydrogens is 252 g/mol. The Kier molecular flexibility index (Phi) is 4.33. The van der Waals surface area contributed by atoms with E-state index in [0.29, 0.717) is 6.54 Å². The normalized spacial score (nSPS) is 22.1. The molecular formula is C16H22N2O2. The van der Waals surface area contributed by atoms with Gasteiger partial charge in [-0.05, 0) is 49.4 Å². The highest BCUT2D eigenvalue weighted by molar-refractivity contribution is 5.96. The van der Waals surface area contributed by atoms with Gasteiger partial charge in [0.2, 0.25) is 0 Å². The molecule has 1 amide bonds. The van der Waals surface area contributed by atoms with Gasteiger partial charge in [-0.2, -0.15) is 0 Å². The van der Waals surface area contributed by atoms with Gasteiger partial charge in [0.1, 0.15) is 0 Å². The van der Waals surface area contributed by atoms with Crippen molar-refractivity contribution < 1.29 is 9.53 Å². The zero-order chi connectivity index (χ0) is 13.8. The molecule has 4 heteroatoms. The van der Waals surface area contributed by atoms with E-state index in [1.54, 1.807) is 0 Å². The number of hydrogen-bond acceptors (Lipinski definition) is 3. The van der Waals surface area contributed by atoms with Crippen molar-refractivity contribution >= 4 is 5.91 Å². The topological polar surface area (TPSA) is 50.4 Å². The Balaban J connectivity index is 1.64. The Labute approximate surface area is 119 Å². The molecule has 2 heterocycles. The van der Waals surface area contributed by atoms with Crippen molar-refractivity contribution in [2.24, 2.45) is 0 Å². The van der Waals surface area contributed by atoms with Crippen molar-refractivity contribution in [3.05, 3.63) is 34.9 Å². The van der Waals surface area contributed by atoms with Gasteiger partial charge >= 0.3 is 0 Å². The first-order valence-electron chi connectivity index (χ1n) is 7.56. The van der Waals surface area contributed by atoms with E-state index in [4.69, 9.17) is 4.74 Å². The zero-order valence-corrected chi connectivity index (χ0v) is 11.8. The highest BCUT2D eigenvalue weighted by atomic mass is 16.5. The van der Waals surface area contributed by atoms with E-state index >= 15 is 0 Å². The molecule has 0 radical (unpaired) electrons. The standard InChI is InChI=1S/C16H22N2O2/c19-16(18-11-13-5-1-2-9-20-13)15-6-3-4-12-10-17-8-7-14(12)15/h3-4,6,13,17H,1-2,5,7-11H2,(H,18,19). The maximum atomic E-state index is 12.4. The molecule has 2 N–H and O–H groups in total. The molecule has 4 nitrogen and oxygen atoms in total. The molecule has 1 saturated heterocycles. The van der Waals surface area contributed by atoms with Crippen molar-refractivity contribution in [1.82, 2.24) is 10.6 Å². The van der Waals surface area contributed by atoms with Crippen LogP contribution in [0.25, 0.3) is 0 Å². The van der Waals surface area contributed by atoms with Gasteiger partial charge in [0.15, 0.2) is 0 Å². The molecule has 1 aromatic carbocycles. The van der Waals surface area contributed by atoms with Crippen LogP contribution in [0.1, 0.15) is 40.7 Å². The van der Waals surface area contributed by atoms with Crippen LogP contribution in [0.2, 0.25) is 0 Å². The van der Waals surface area contributed by atoms with E-state index < -0.39 is 0 Å². The largest absolute Gasteiger partial charge is 0.376 e. The Bertz CT molecular complexity index is 481. The summed E-state index contributed by atoms with van der Waals surface area (Å²) in [6, 6.07) is 6.00. The monoisotopic (exact) mass is 274 g/mol. The van der Waals surface area contributed by atoms with Gasteiger partial charge < -0.3 is 15.4 Å². The minimum absolute atomic E-state index is 0.0397. The van der Waals surface area contributed by atoms with Crippen LogP contribution in [0.3, 0.4) is 0 Å². The summed E-state index contributed by atoms with van der Waals surface area (Å²) in [7, 11) is 0. The predicted octanol–water partition coefficient (Wildman–Crippen LogP) is 1.63. The van der Waals surface area contributed by atoms with Crippen LogP contribution in [0.15, 0.2) is 18.2 Å². The quantitative estimate of drug-likeness (QED) is 0.881. The summed E-state index contributed by atoms with van der Waals surface area (Å²) >= 11 is 0. The van der Waals surface area contributed by atoms with Gasteiger partial charge in [0.25, 0.3) is 5.91 Å². The van der Waals surface area contributed by atoms with E-state index in [1.165, 1.54) is 17.5 Å². The number of nitrogens with one attached hydrogen (secondary N) is 2. The average Bonchev–Trinajstić information content (AvgIpc) is 2.53. The smallest absolute Gasteiger partial charge is 0.251 e. The Morgan fingerprint density at radius 2 is 2.35 bits per heavy atom. The molecule has 1 fully saturated rings. The van der Waals surface area contributed by atoms with Gasteiger partial charge in [0, 0.05) is 25.3 Å². The minimum atomic E-state index is 0.0397. The van der Waals surface area contributed by atoms with Gasteiger partial charge in [-0.15, -0.1) is 0 Å². The van der Waals surface area contributed by atoms with Crippen molar-refractivity contribution in [1.29, 1.82) is 0 Å². The van der Waals surface area contributed by atoms with Gasteiger partial charge in [-0.25, -0.2) is 0 Å². The van der Waals surface area contributed by atoms with Crippen LogP contribution in [-0.2, 0) is 17.7 Å². The molecule has 2 aliphatic rings. The van der Waals surface area contributed by atoms with Crippen LogP contribution in [0, 0.1) is 0 Å². The molecule has 108 valence electrons. The van der Waals surface area contributed by atoms with Crippen LogP contribution >= 0.6 is 0 Å². The summed E-state index contributed by atoms with van der Waals surface area (Å²) in [5, 5.41) is 6.37. The molecule has 20 heavy (non-hydrogen) atoms. The Hall–Kier alpha value is -1.39. The van der Waals surface area contributed by atoms with Gasteiger partial charge in [-0.3, -0.25) is 4.79 Å². The average molecular weight is 274 g/mol. The van der Waals surface area contributed by atoms with Crippen LogP contribution in [-0.4, -0.2) is 31.7 Å². The third-order valence-corrected chi connectivity index (χ3v) is 4.15. The summed E-state index contributed by atoms with van der Waals surface area (Å²) in [5.74, 6) is 0.0397. The molecule has 3 rings (SSSR count). The summed E-state index contributed by atoms with van der Waals surface area (Å²) in [4.78, 5) is 12.4. The highest BCUT2D eigenvalue weighted by Gasteiger charge is 2.19. The number of rotatable bonds is 3. The molecule has 1 unspecified atom stereocenters. The fourth-order valence-corrected chi connectivity index (χ4v) is 3.01. The summed E-state index contributed by atoms with van der Waals surface area (Å²) in [5.41, 5.74) is 3.28. The van der Waals surface area contributed by atoms with E-state index in [2.05, 4.69) is 16.7 Å². The number of amides is 1. The number of fused-ring (bicyclic) bond motifs is 1. The number of carbonyl (C=O) groups is 1. The highest BCUT2D eigenvalue weighted by Crippen LogP contribution is 2.19. The number of benzene rings is 1. The number of carbonyl (C=O) groups excluding carboxylic acids is 1. The molecule has 1 atom stereocenters. The maximum Gasteiger partial charge on any atom is 0.251 e. The summed E-state index contributed by atoms with van der Waals surface area (Å²) in [6.07, 6.45) is 4.51. The number of ether oxygens (including phenoxy) is 1. The second-order valence-corrected chi connectivity index (χ2v) is 5.57. The summed E-state index contributed by atoms with van der Waals surface area (Å²) < 4.78 is 5.65. The molecule has 0 bridgehead atoms. The van der Waals surface area contributed by atoms with E-state index in [0.717, 1.165) is 44.5 Å².